The highest BCUT2D eigenvalue weighted by Crippen LogP contribution is 1.31. The molecule has 1112 valence electrons. The Morgan fingerprint density at radius 2 is 0.0563 bits per heavy atom. The molecule has 12 nitrogen and oxygen atoms in total. The lowest BCUT2D eigenvalue weighted by atomic mass is 10.9. The summed E-state index contributed by atoms with van der Waals surface area (Å²) in [5.74, 6) is 0. The van der Waals surface area contributed by atoms with Crippen LogP contribution in [0, 0.1) is 0 Å². The fourth-order valence-electron chi connectivity index (χ4n) is 0. The second-order valence-electron chi connectivity index (χ2n) is 1.90. The van der Waals surface area contributed by atoms with Crippen molar-refractivity contribution in [2.75, 3.05) is 39.6 Å². The van der Waals surface area contributed by atoms with Gasteiger partial charge in [-0.25, -0.2) is 0 Å². The Bertz CT molecular complexity index is 74.8. The van der Waals surface area contributed by atoms with E-state index in [9.17, 15) is 0 Å². The first-order chi connectivity index (χ1) is 8.49. The lowest BCUT2D eigenvalue weighted by Gasteiger charge is -1.52. The largest absolute Gasteiger partial charge is 0.870 e. The second-order valence-corrected chi connectivity index (χ2v) is 1.90. The maximum atomic E-state index is 7.57. The fourth-order valence-corrected chi connectivity index (χ4v) is 0. The molecule has 0 fully saturated rings. The van der Waals surface area contributed by atoms with E-state index in [-0.39, 0.29) is 949 Å². The quantitative estimate of drug-likeness (QED) is 0.132. The van der Waals surface area contributed by atoms with Crippen LogP contribution in [0.15, 0.2) is 0 Å². The Morgan fingerprint density at radius 1 is 0.0563 bits per heavy atom. The van der Waals surface area contributed by atoms with Gasteiger partial charge >= 0.3 is 0 Å². The Morgan fingerprint density at radius 3 is 0.0563 bits per heavy atom. The average Bonchev–Trinajstić information content (AvgIpc) is 2.23. The molecule has 0 atom stereocenters. The summed E-state index contributed by atoms with van der Waals surface area (Å²) in [6.45, 7) is 11.6. The molecule has 0 spiro atoms. The number of aliphatic hydroxyl groups excluding tert-OH is 6. The summed E-state index contributed by atoms with van der Waals surface area (Å²) >= 11 is 0. The molecule has 0 bridgehead atoms. The molecule has 0 unspecified atom stereocenters. The molecule has 0 aromatic rings. The third-order valence-electron chi connectivity index (χ3n) is 0. The molecule has 142 heavy (non-hydrogen) atoms. The first-order valence-corrected chi connectivity index (χ1v) is 6.14. The molecule has 0 saturated heterocycles. The van der Waals surface area contributed by atoms with Crippen molar-refractivity contribution in [1.29, 1.82) is 0 Å². The van der Waals surface area contributed by atoms with Gasteiger partial charge in [-0.1, -0.05) is 876 Å². The lowest BCUT2D eigenvalue weighted by Crippen LogP contribution is -1.57. The van der Waals surface area contributed by atoms with Crippen LogP contribution in [0.1, 0.15) is 918 Å². The smallest absolute Gasteiger partial charge is 0.0402 e. The van der Waals surface area contributed by atoms with Crippen LogP contribution < -0.4 is 0 Å². The molecular weight excluding hydrogens is 1750 g/mol. The highest BCUT2D eigenvalue weighted by atomic mass is 16.3. The van der Waals surface area contributed by atoms with Crippen molar-refractivity contribution in [3.63, 3.8) is 0 Å². The average molecular weight is 2270 g/mol. The first kappa shape index (κ1) is 21100. The van der Waals surface area contributed by atoms with E-state index in [0.717, 1.165) is 0 Å². The summed E-state index contributed by atoms with van der Waals surface area (Å²) in [5, 5.41) is 45.4. The molecule has 0 aliphatic heterocycles. The van der Waals surface area contributed by atoms with Crippen LogP contribution in [0.3, 0.4) is 0 Å². The van der Waals surface area contributed by atoms with E-state index in [4.69, 9.17) is 30.6 Å². The molecule has 0 aromatic carbocycles. The van der Waals surface area contributed by atoms with E-state index >= 15 is 0 Å². The first-order valence-electron chi connectivity index (χ1n) is 6.14. The molecule has 12 heteroatoms. The number of hydrogen-bond donors (Lipinski definition) is 6. The van der Waals surface area contributed by atoms with Crippen molar-refractivity contribution in [2.24, 2.45) is 0 Å². The third kappa shape index (κ3) is 11600000. The predicted molar refractivity (Wildman–Crippen MR) is 882 cm³/mol. The number of aliphatic hydroxyl groups is 6. The normalized spacial score (nSPS) is 0.761. The molecule has 0 aromatic heterocycles. The maximum absolute atomic E-state index is 7.57. The van der Waals surface area contributed by atoms with Crippen molar-refractivity contribution in [3.05, 3.63) is 0 Å². The monoisotopic (exact) mass is 2270 g/mol. The fraction of sp³-hybridized carbons (Fsp3) is 1.00. The molecule has 0 heterocycles. The number of rotatable bonds is 0. The summed E-state index contributed by atoms with van der Waals surface area (Å²) in [5.41, 5.74) is 0. The zero-order chi connectivity index (χ0) is 16.2. The van der Waals surface area contributed by atoms with Gasteiger partial charge in [0.25, 0.3) is 0 Å². The molecule has 0 aliphatic rings. The summed E-state index contributed by atoms with van der Waals surface area (Å²) in [6, 6.07) is 0. The van der Waals surface area contributed by atoms with Crippen molar-refractivity contribution in [1.82, 2.24) is 0 Å². The minimum atomic E-state index is 0. The van der Waals surface area contributed by atoms with Gasteiger partial charge in [-0.05, 0) is 41.5 Å². The third-order valence-corrected chi connectivity index (χ3v) is 0. The van der Waals surface area contributed by atoms with E-state index < -0.39 is 0 Å². The van der Waals surface area contributed by atoms with Gasteiger partial charge in [-0.3, -0.25) is 0 Å². The highest BCUT2D eigenvalue weighted by molar-refractivity contribution is 3.85. The van der Waals surface area contributed by atoms with Gasteiger partial charge in [-0.2, -0.15) is 0 Å². The van der Waals surface area contributed by atoms with E-state index in [2.05, 4.69) is 0 Å². The molecule has 0 rings (SSSR count). The van der Waals surface area contributed by atoms with Crippen molar-refractivity contribution in [2.45, 2.75) is 918 Å². The van der Waals surface area contributed by atoms with E-state index in [0.29, 0.717) is 0 Å². The Labute approximate surface area is 1020 Å². The van der Waals surface area contributed by atoms with Gasteiger partial charge in [0.1, 0.15) is 0 Å². The van der Waals surface area contributed by atoms with Gasteiger partial charge in [0.05, 0.1) is 0 Å². The van der Waals surface area contributed by atoms with Crippen LogP contribution in [0.25, 0.3) is 0 Å². The van der Waals surface area contributed by atoms with Crippen molar-refractivity contribution in [3.8, 4) is 0 Å². The van der Waals surface area contributed by atoms with Gasteiger partial charge in [-0.15, -0.1) is 0 Å². The van der Waals surface area contributed by atoms with Crippen LogP contribution in [0.4, 0.5) is 0 Å². The summed E-state index contributed by atoms with van der Waals surface area (Å²) < 4.78 is 0. The Kier molecular flexibility index (Phi) is 13300000. The van der Waals surface area contributed by atoms with Gasteiger partial charge in [0, 0.05) is 39.6 Å². The van der Waals surface area contributed by atoms with Crippen molar-refractivity contribution >= 4 is 0 Å². The van der Waals surface area contributed by atoms with Crippen LogP contribution in [-0.4, -0.2) is 103 Å². The molecule has 12 N–H and O–H groups in total. The Hall–Kier alpha value is -0.480. The van der Waals surface area contributed by atoms with E-state index in [1.807, 2.05) is 0 Å². The minimum absolute atomic E-state index is 0. The lowest BCUT2D eigenvalue weighted by molar-refractivity contribution is 0.318. The van der Waals surface area contributed by atoms with E-state index in [1.165, 1.54) is 0 Å². The second kappa shape index (κ2) is 89800. The van der Waals surface area contributed by atoms with Gasteiger partial charge in [0.15, 0.2) is 0 Å². The van der Waals surface area contributed by atoms with Crippen LogP contribution in [0.2, 0.25) is 0 Å². The Balaban J connectivity index is -0.0000000000809. The van der Waals surface area contributed by atoms with Crippen LogP contribution in [-0.2, 0) is 0 Å². The molecule has 0 amide bonds. The zero-order valence-electron chi connectivity index (χ0n) is 15.6. The number of hydrogen-bond acceptors (Lipinski definition) is 12. The topological polar surface area (TPSA) is 301 Å². The highest BCUT2D eigenvalue weighted by Gasteiger charge is 1.36. The van der Waals surface area contributed by atoms with Gasteiger partial charge < -0.3 is 63.5 Å². The maximum Gasteiger partial charge on any atom is 0.0402 e. The zero-order valence-corrected chi connectivity index (χ0v) is 15.6. The standard InChI is InChI=1S/6C2H6O.118CH4.6H2O/c6*1-2-3;;;;;;;;;;;;;;;;;;;;;;;;;;;;;;;;;;;;;;;;;;;;;;;;;;;;;;;;;;;;;;;;;;;;;;;;;;;;;;;;;;;;;;;;;;;;;;;;;;;;;;;;;;;;;;;;;;;;;;;;;;;;/h6*3H,2H2,1H3;118*1H4;6*1H2/p-6. The predicted octanol–water partition coefficient (Wildman–Crippen LogP) is 74.0. The van der Waals surface area contributed by atoms with Crippen LogP contribution >= 0.6 is 0 Å². The summed E-state index contributed by atoms with van der Waals surface area (Å²) in [6.07, 6.45) is 0. The molecule has 0 radical (unpaired) electrons. The van der Waals surface area contributed by atoms with Crippen LogP contribution in [0.5, 0.6) is 0 Å². The molecular formula is C130H514O12-6. The SMILES string of the molecule is C.C.C.C.C.C.C.C.C.C.C.C.C.C.C.C.C.C.C.C.C.C.C.C.C.C.C.C.C.C.C.C.C.C.C.C.C.C.C.C.C.C.C.C.C.C.C.C.C.C.C.C.C.C.C.C.C.C.C.C.C.C.C.C.C.C.C.C.C.C.C.C.C.C.C.C.C.C.C.C.C.C.C.C.C.C.C.C.C.C.C.C.C.C.C.C.C.C.C.C.C.C.C.C.C.C.C.C.C.C.C.C.C.C.C.C.C.C.CCO.CCO.CCO.CCO.CCO.CCO.[OH-].[OH-].[OH-].[OH-].[OH-].[OH-]. The summed E-state index contributed by atoms with van der Waals surface area (Å²) in [7, 11) is 0. The minimum Gasteiger partial charge on any atom is -0.870 e. The van der Waals surface area contributed by atoms with Crippen molar-refractivity contribution < 1.29 is 63.5 Å². The molecule has 0 saturated carbocycles. The summed E-state index contributed by atoms with van der Waals surface area (Å²) in [4.78, 5) is 0. The van der Waals surface area contributed by atoms with Gasteiger partial charge in [0.2, 0.25) is 0 Å². The van der Waals surface area contributed by atoms with E-state index in [1.54, 1.807) is 41.5 Å². The molecule has 0 aliphatic carbocycles.